The molecule has 88 valence electrons. The van der Waals surface area contributed by atoms with Crippen LogP contribution in [0.25, 0.3) is 0 Å². The zero-order valence-electron chi connectivity index (χ0n) is 9.22. The molecule has 1 fully saturated rings. The number of rotatable bonds is 1. The number of benzene rings is 1. The van der Waals surface area contributed by atoms with Gasteiger partial charge in [-0.05, 0) is 17.7 Å². The van der Waals surface area contributed by atoms with Crippen LogP contribution in [-0.4, -0.2) is 26.3 Å². The Hall–Kier alpha value is -0.280. The average molecular weight is 260 g/mol. The zero-order valence-corrected chi connectivity index (χ0v) is 10.7. The van der Waals surface area contributed by atoms with Gasteiger partial charge in [0.05, 0.1) is 23.3 Å². The fourth-order valence-corrected chi connectivity index (χ4v) is 2.21. The lowest BCUT2D eigenvalue weighted by Crippen LogP contribution is -2.36. The normalized spacial score (nSPS) is 26.4. The van der Waals surface area contributed by atoms with Gasteiger partial charge in [0.15, 0.2) is 0 Å². The first kappa shape index (κ1) is 12.2. The second kappa shape index (κ2) is 4.92. The number of halogens is 2. The molecule has 0 saturated carbocycles. The van der Waals surface area contributed by atoms with Gasteiger partial charge in [0, 0.05) is 18.5 Å². The number of ether oxygens (including phenoxy) is 1. The highest BCUT2D eigenvalue weighted by atomic mass is 35.5. The summed E-state index contributed by atoms with van der Waals surface area (Å²) >= 11 is 12.0. The van der Waals surface area contributed by atoms with E-state index in [-0.39, 0.29) is 5.41 Å². The summed E-state index contributed by atoms with van der Waals surface area (Å²) in [6.45, 7) is 5.43. The van der Waals surface area contributed by atoms with Crippen molar-refractivity contribution in [2.45, 2.75) is 12.3 Å². The lowest BCUT2D eigenvalue weighted by Gasteiger charge is -2.28. The van der Waals surface area contributed by atoms with Crippen LogP contribution in [0.1, 0.15) is 12.5 Å². The Morgan fingerprint density at radius 1 is 1.31 bits per heavy atom. The van der Waals surface area contributed by atoms with Crippen molar-refractivity contribution in [3.63, 3.8) is 0 Å². The molecule has 0 spiro atoms. The molecule has 1 aromatic rings. The molecule has 1 heterocycles. The SMILES string of the molecule is CC1(c2ccc(Cl)c(Cl)c2)CNCCOC1. The molecule has 1 aromatic carbocycles. The number of hydrogen-bond donors (Lipinski definition) is 1. The summed E-state index contributed by atoms with van der Waals surface area (Å²) in [5.41, 5.74) is 1.13. The summed E-state index contributed by atoms with van der Waals surface area (Å²) in [5.74, 6) is 0. The first-order valence-corrected chi connectivity index (χ1v) is 6.11. The highest BCUT2D eigenvalue weighted by Gasteiger charge is 2.28. The summed E-state index contributed by atoms with van der Waals surface area (Å²) in [5, 5.41) is 4.56. The fraction of sp³-hybridized carbons (Fsp3) is 0.500. The first-order chi connectivity index (χ1) is 7.62. The second-order valence-electron chi connectivity index (χ2n) is 4.42. The lowest BCUT2D eigenvalue weighted by atomic mass is 9.83. The van der Waals surface area contributed by atoms with E-state index in [4.69, 9.17) is 27.9 Å². The fourth-order valence-electron chi connectivity index (χ4n) is 1.91. The highest BCUT2D eigenvalue weighted by Crippen LogP contribution is 2.30. The third-order valence-corrected chi connectivity index (χ3v) is 3.71. The van der Waals surface area contributed by atoms with Crippen LogP contribution in [0, 0.1) is 0 Å². The van der Waals surface area contributed by atoms with Crippen LogP contribution in [0.3, 0.4) is 0 Å². The van der Waals surface area contributed by atoms with E-state index in [1.54, 1.807) is 0 Å². The Morgan fingerprint density at radius 3 is 2.88 bits per heavy atom. The summed E-state index contributed by atoms with van der Waals surface area (Å²) in [4.78, 5) is 0. The lowest BCUT2D eigenvalue weighted by molar-refractivity contribution is 0.113. The minimum atomic E-state index is -0.0370. The van der Waals surface area contributed by atoms with Crippen molar-refractivity contribution in [2.24, 2.45) is 0 Å². The van der Waals surface area contributed by atoms with Crippen molar-refractivity contribution in [3.05, 3.63) is 33.8 Å². The minimum absolute atomic E-state index is 0.0370. The van der Waals surface area contributed by atoms with Crippen LogP contribution in [0.15, 0.2) is 18.2 Å². The average Bonchev–Trinajstić information content (AvgIpc) is 2.48. The van der Waals surface area contributed by atoms with Gasteiger partial charge in [-0.25, -0.2) is 0 Å². The number of nitrogens with one attached hydrogen (secondary N) is 1. The van der Waals surface area contributed by atoms with Crippen LogP contribution < -0.4 is 5.32 Å². The Kier molecular flexibility index (Phi) is 3.75. The molecule has 1 saturated heterocycles. The summed E-state index contributed by atoms with van der Waals surface area (Å²) in [6, 6.07) is 5.79. The molecule has 4 heteroatoms. The largest absolute Gasteiger partial charge is 0.379 e. The molecule has 2 nitrogen and oxygen atoms in total. The van der Waals surface area contributed by atoms with Gasteiger partial charge in [0.25, 0.3) is 0 Å². The quantitative estimate of drug-likeness (QED) is 0.838. The first-order valence-electron chi connectivity index (χ1n) is 5.36. The molecular formula is C12H15Cl2NO. The van der Waals surface area contributed by atoms with Gasteiger partial charge >= 0.3 is 0 Å². The van der Waals surface area contributed by atoms with E-state index >= 15 is 0 Å². The van der Waals surface area contributed by atoms with E-state index in [1.165, 1.54) is 0 Å². The highest BCUT2D eigenvalue weighted by molar-refractivity contribution is 6.42. The molecule has 0 aromatic heterocycles. The van der Waals surface area contributed by atoms with Crippen molar-refractivity contribution in [3.8, 4) is 0 Å². The van der Waals surface area contributed by atoms with Crippen LogP contribution in [0.4, 0.5) is 0 Å². The van der Waals surface area contributed by atoms with Gasteiger partial charge in [-0.2, -0.15) is 0 Å². The van der Waals surface area contributed by atoms with Crippen LogP contribution in [0.2, 0.25) is 10.0 Å². The molecule has 0 aliphatic carbocycles. The molecule has 2 rings (SSSR count). The third-order valence-electron chi connectivity index (χ3n) is 2.98. The molecule has 0 radical (unpaired) electrons. The molecule has 1 N–H and O–H groups in total. The van der Waals surface area contributed by atoms with Crippen molar-refractivity contribution < 1.29 is 4.74 Å². The summed E-state index contributed by atoms with van der Waals surface area (Å²) in [6.07, 6.45) is 0. The van der Waals surface area contributed by atoms with E-state index in [9.17, 15) is 0 Å². The molecule has 1 unspecified atom stereocenters. The van der Waals surface area contributed by atoms with E-state index in [1.807, 2.05) is 18.2 Å². The maximum Gasteiger partial charge on any atom is 0.0595 e. The monoisotopic (exact) mass is 259 g/mol. The van der Waals surface area contributed by atoms with Gasteiger partial charge in [0.1, 0.15) is 0 Å². The standard InChI is InChI=1S/C12H15Cl2NO/c1-12(7-15-4-5-16-8-12)9-2-3-10(13)11(14)6-9/h2-3,6,15H,4-5,7-8H2,1H3. The molecule has 16 heavy (non-hydrogen) atoms. The predicted octanol–water partition coefficient (Wildman–Crippen LogP) is 2.87. The maximum atomic E-state index is 6.04. The van der Waals surface area contributed by atoms with Crippen LogP contribution in [0.5, 0.6) is 0 Å². The smallest absolute Gasteiger partial charge is 0.0595 e. The van der Waals surface area contributed by atoms with Gasteiger partial charge < -0.3 is 10.1 Å². The van der Waals surface area contributed by atoms with E-state index in [0.717, 1.165) is 25.3 Å². The Labute approximate surface area is 106 Å². The van der Waals surface area contributed by atoms with E-state index in [0.29, 0.717) is 16.7 Å². The van der Waals surface area contributed by atoms with Crippen molar-refractivity contribution in [1.82, 2.24) is 5.32 Å². The molecule has 1 aliphatic rings. The summed E-state index contributed by atoms with van der Waals surface area (Å²) in [7, 11) is 0. The van der Waals surface area contributed by atoms with Gasteiger partial charge in [0.2, 0.25) is 0 Å². The number of hydrogen-bond acceptors (Lipinski definition) is 2. The van der Waals surface area contributed by atoms with E-state index < -0.39 is 0 Å². The molecule has 1 aliphatic heterocycles. The van der Waals surface area contributed by atoms with E-state index in [2.05, 4.69) is 12.2 Å². The van der Waals surface area contributed by atoms with Crippen LogP contribution >= 0.6 is 23.2 Å². The van der Waals surface area contributed by atoms with Gasteiger partial charge in [-0.15, -0.1) is 0 Å². The van der Waals surface area contributed by atoms with Gasteiger partial charge in [-0.3, -0.25) is 0 Å². The molecular weight excluding hydrogens is 245 g/mol. The van der Waals surface area contributed by atoms with Crippen LogP contribution in [-0.2, 0) is 10.2 Å². The Bertz CT molecular complexity index is 373. The van der Waals surface area contributed by atoms with Crippen molar-refractivity contribution in [1.29, 1.82) is 0 Å². The molecule has 0 amide bonds. The third kappa shape index (κ3) is 2.51. The second-order valence-corrected chi connectivity index (χ2v) is 5.23. The van der Waals surface area contributed by atoms with Crippen molar-refractivity contribution in [2.75, 3.05) is 26.3 Å². The summed E-state index contributed by atoms with van der Waals surface area (Å²) < 4.78 is 5.60. The molecule has 1 atom stereocenters. The topological polar surface area (TPSA) is 21.3 Å². The Balaban J connectivity index is 2.29. The molecule has 0 bridgehead atoms. The van der Waals surface area contributed by atoms with Gasteiger partial charge in [-0.1, -0.05) is 36.2 Å². The minimum Gasteiger partial charge on any atom is -0.379 e. The zero-order chi connectivity index (χ0) is 11.6. The van der Waals surface area contributed by atoms with Crippen molar-refractivity contribution >= 4 is 23.2 Å². The predicted molar refractivity (Wildman–Crippen MR) is 67.5 cm³/mol. The Morgan fingerprint density at radius 2 is 2.12 bits per heavy atom. The maximum absolute atomic E-state index is 6.04.